The van der Waals surface area contributed by atoms with Gasteiger partial charge in [0.1, 0.15) is 5.82 Å². The van der Waals surface area contributed by atoms with Crippen molar-refractivity contribution in [2.75, 3.05) is 49.6 Å². The molecule has 0 spiro atoms. The van der Waals surface area contributed by atoms with Gasteiger partial charge in [0.05, 0.1) is 19.6 Å². The summed E-state index contributed by atoms with van der Waals surface area (Å²) in [5.74, 6) is 1.40. The Morgan fingerprint density at radius 3 is 2.78 bits per heavy atom. The number of anilines is 2. The number of nitrogens with one attached hydrogen (secondary N) is 2. The van der Waals surface area contributed by atoms with Gasteiger partial charge in [-0.15, -0.1) is 0 Å². The first-order valence-electron chi connectivity index (χ1n) is 9.04. The number of aryl methyl sites for hydroxylation is 1. The lowest BCUT2D eigenvalue weighted by atomic mass is 10.1. The third kappa shape index (κ3) is 5.80. The van der Waals surface area contributed by atoms with Crippen molar-refractivity contribution in [2.45, 2.75) is 13.3 Å². The third-order valence-electron chi connectivity index (χ3n) is 4.21. The van der Waals surface area contributed by atoms with Gasteiger partial charge in [-0.1, -0.05) is 29.8 Å². The predicted molar refractivity (Wildman–Crippen MR) is 106 cm³/mol. The molecular formula is C19H24ClN5O2. The topological polar surface area (TPSA) is 79.4 Å². The van der Waals surface area contributed by atoms with E-state index in [0.29, 0.717) is 37.3 Å². The van der Waals surface area contributed by atoms with Gasteiger partial charge in [-0.3, -0.25) is 4.79 Å². The number of rotatable bonds is 7. The van der Waals surface area contributed by atoms with E-state index in [-0.39, 0.29) is 12.3 Å². The molecule has 2 N–H and O–H groups in total. The van der Waals surface area contributed by atoms with E-state index in [1.165, 1.54) is 0 Å². The van der Waals surface area contributed by atoms with E-state index in [4.69, 9.17) is 16.3 Å². The zero-order chi connectivity index (χ0) is 19.1. The minimum Gasteiger partial charge on any atom is -0.378 e. The van der Waals surface area contributed by atoms with E-state index in [1.54, 1.807) is 6.07 Å². The molecule has 2 heterocycles. The summed E-state index contributed by atoms with van der Waals surface area (Å²) < 4.78 is 5.38. The van der Waals surface area contributed by atoms with Crippen LogP contribution in [0.4, 0.5) is 11.8 Å². The Morgan fingerprint density at radius 2 is 2.00 bits per heavy atom. The molecule has 1 aromatic carbocycles. The molecule has 0 aliphatic carbocycles. The first-order chi connectivity index (χ1) is 13.1. The zero-order valence-electron chi connectivity index (χ0n) is 15.4. The monoisotopic (exact) mass is 389 g/mol. The molecule has 1 fully saturated rings. The Balaban J connectivity index is 1.46. The summed E-state index contributed by atoms with van der Waals surface area (Å²) >= 11 is 6.08. The van der Waals surface area contributed by atoms with Gasteiger partial charge in [-0.2, -0.15) is 4.98 Å². The normalized spacial score (nSPS) is 14.1. The lowest BCUT2D eigenvalue weighted by molar-refractivity contribution is -0.120. The molecule has 1 aliphatic heterocycles. The SMILES string of the molecule is Cc1cc(N2CCOCC2)nc(NCCNC(=O)Cc2ccccc2Cl)n1. The average molecular weight is 390 g/mol. The smallest absolute Gasteiger partial charge is 0.224 e. The molecule has 3 rings (SSSR count). The van der Waals surface area contributed by atoms with Crippen molar-refractivity contribution in [2.24, 2.45) is 0 Å². The van der Waals surface area contributed by atoms with Crippen molar-refractivity contribution in [1.82, 2.24) is 15.3 Å². The summed E-state index contributed by atoms with van der Waals surface area (Å²) in [4.78, 5) is 23.2. The standard InChI is InChI=1S/C19H24ClN5O2/c1-14-12-17(25-8-10-27-11-9-25)24-19(23-14)22-7-6-21-18(26)13-15-4-2-3-5-16(15)20/h2-5,12H,6-11,13H2,1H3,(H,21,26)(H,22,23,24). The van der Waals surface area contributed by atoms with Gasteiger partial charge in [-0.05, 0) is 18.6 Å². The fourth-order valence-corrected chi connectivity index (χ4v) is 3.04. The Morgan fingerprint density at radius 1 is 1.22 bits per heavy atom. The van der Waals surface area contributed by atoms with Crippen LogP contribution in [0.1, 0.15) is 11.3 Å². The largest absolute Gasteiger partial charge is 0.378 e. The van der Waals surface area contributed by atoms with Crippen molar-refractivity contribution in [3.8, 4) is 0 Å². The number of carbonyl (C=O) groups excluding carboxylic acids is 1. The number of amides is 1. The molecule has 144 valence electrons. The molecule has 0 unspecified atom stereocenters. The van der Waals surface area contributed by atoms with Gasteiger partial charge in [0.25, 0.3) is 0 Å². The molecule has 0 saturated carbocycles. The van der Waals surface area contributed by atoms with Gasteiger partial charge < -0.3 is 20.3 Å². The number of benzene rings is 1. The predicted octanol–water partition coefficient (Wildman–Crippen LogP) is 2.05. The van der Waals surface area contributed by atoms with Crippen LogP contribution in [0.3, 0.4) is 0 Å². The fraction of sp³-hybridized carbons (Fsp3) is 0.421. The number of ether oxygens (including phenoxy) is 1. The lowest BCUT2D eigenvalue weighted by Gasteiger charge is -2.28. The van der Waals surface area contributed by atoms with Gasteiger partial charge in [0.15, 0.2) is 0 Å². The second-order valence-electron chi connectivity index (χ2n) is 6.34. The summed E-state index contributed by atoms with van der Waals surface area (Å²) in [5.41, 5.74) is 1.72. The quantitative estimate of drug-likeness (QED) is 0.705. The lowest BCUT2D eigenvalue weighted by Crippen LogP contribution is -2.37. The Kier molecular flexibility index (Phi) is 6.84. The summed E-state index contributed by atoms with van der Waals surface area (Å²) in [6.45, 7) is 6.05. The van der Waals surface area contributed by atoms with Crippen LogP contribution in [0.15, 0.2) is 30.3 Å². The second-order valence-corrected chi connectivity index (χ2v) is 6.74. The van der Waals surface area contributed by atoms with Crippen LogP contribution in [-0.2, 0) is 16.0 Å². The second kappa shape index (κ2) is 9.53. The highest BCUT2D eigenvalue weighted by atomic mass is 35.5. The van der Waals surface area contributed by atoms with Crippen LogP contribution < -0.4 is 15.5 Å². The van der Waals surface area contributed by atoms with Crippen molar-refractivity contribution < 1.29 is 9.53 Å². The van der Waals surface area contributed by atoms with Crippen molar-refractivity contribution in [3.63, 3.8) is 0 Å². The Labute approximate surface area is 164 Å². The fourth-order valence-electron chi connectivity index (χ4n) is 2.84. The van der Waals surface area contributed by atoms with Gasteiger partial charge in [0.2, 0.25) is 11.9 Å². The van der Waals surface area contributed by atoms with Crippen LogP contribution in [0.5, 0.6) is 0 Å². The Bertz CT molecular complexity index is 780. The first-order valence-corrected chi connectivity index (χ1v) is 9.42. The number of hydrogen-bond acceptors (Lipinski definition) is 6. The van der Waals surface area contributed by atoms with E-state index in [0.717, 1.165) is 30.2 Å². The van der Waals surface area contributed by atoms with Gasteiger partial charge >= 0.3 is 0 Å². The molecule has 0 radical (unpaired) electrons. The molecular weight excluding hydrogens is 366 g/mol. The van der Waals surface area contributed by atoms with Crippen LogP contribution in [0.2, 0.25) is 5.02 Å². The highest BCUT2D eigenvalue weighted by molar-refractivity contribution is 6.31. The summed E-state index contributed by atoms with van der Waals surface area (Å²) in [6, 6.07) is 9.33. The van der Waals surface area contributed by atoms with E-state index in [2.05, 4.69) is 25.5 Å². The third-order valence-corrected chi connectivity index (χ3v) is 4.58. The molecule has 0 bridgehead atoms. The molecule has 8 heteroatoms. The number of carbonyl (C=O) groups is 1. The van der Waals surface area contributed by atoms with Gasteiger partial charge in [-0.25, -0.2) is 4.98 Å². The molecule has 1 aromatic heterocycles. The van der Waals surface area contributed by atoms with Crippen LogP contribution in [0, 0.1) is 6.92 Å². The molecule has 0 atom stereocenters. The maximum Gasteiger partial charge on any atom is 0.224 e. The van der Waals surface area contributed by atoms with E-state index < -0.39 is 0 Å². The van der Waals surface area contributed by atoms with E-state index >= 15 is 0 Å². The van der Waals surface area contributed by atoms with Crippen LogP contribution in [-0.4, -0.2) is 55.3 Å². The number of nitrogens with zero attached hydrogens (tertiary/aromatic N) is 3. The number of morpholine rings is 1. The minimum absolute atomic E-state index is 0.0657. The molecule has 2 aromatic rings. The van der Waals surface area contributed by atoms with Crippen molar-refractivity contribution in [3.05, 3.63) is 46.6 Å². The van der Waals surface area contributed by atoms with Crippen LogP contribution >= 0.6 is 11.6 Å². The zero-order valence-corrected chi connectivity index (χ0v) is 16.1. The number of halogens is 1. The van der Waals surface area contributed by atoms with Crippen molar-refractivity contribution >= 4 is 29.3 Å². The molecule has 1 aliphatic rings. The molecule has 1 amide bonds. The number of aromatic nitrogens is 2. The molecule has 7 nitrogen and oxygen atoms in total. The van der Waals surface area contributed by atoms with E-state index in [9.17, 15) is 4.79 Å². The Hall–Kier alpha value is -2.38. The maximum atomic E-state index is 12.0. The van der Waals surface area contributed by atoms with Crippen LogP contribution in [0.25, 0.3) is 0 Å². The highest BCUT2D eigenvalue weighted by Gasteiger charge is 2.14. The first kappa shape index (κ1) is 19.4. The molecule has 27 heavy (non-hydrogen) atoms. The summed E-state index contributed by atoms with van der Waals surface area (Å²) in [7, 11) is 0. The minimum atomic E-state index is -0.0657. The van der Waals surface area contributed by atoms with E-state index in [1.807, 2.05) is 31.2 Å². The average Bonchev–Trinajstić information content (AvgIpc) is 2.67. The highest BCUT2D eigenvalue weighted by Crippen LogP contribution is 2.16. The number of hydrogen-bond donors (Lipinski definition) is 2. The summed E-state index contributed by atoms with van der Waals surface area (Å²) in [6.07, 6.45) is 0.266. The van der Waals surface area contributed by atoms with Crippen molar-refractivity contribution in [1.29, 1.82) is 0 Å². The van der Waals surface area contributed by atoms with Gasteiger partial charge in [0, 0.05) is 43.0 Å². The maximum absolute atomic E-state index is 12.0. The summed E-state index contributed by atoms with van der Waals surface area (Å²) in [5, 5.41) is 6.66. The molecule has 1 saturated heterocycles.